The van der Waals surface area contributed by atoms with Crippen molar-refractivity contribution in [1.29, 1.82) is 0 Å². The van der Waals surface area contributed by atoms with Crippen LogP contribution in [0.25, 0.3) is 0 Å². The first-order valence-electron chi connectivity index (χ1n) is 6.28. The van der Waals surface area contributed by atoms with Gasteiger partial charge in [0.15, 0.2) is 12.4 Å². The lowest BCUT2D eigenvalue weighted by Gasteiger charge is -2.30. The minimum atomic E-state index is -2.84. The van der Waals surface area contributed by atoms with E-state index < -0.39 is 36.0 Å². The summed E-state index contributed by atoms with van der Waals surface area (Å²) in [6, 6.07) is 1.29. The molecular weight excluding hydrogens is 275 g/mol. The van der Waals surface area contributed by atoms with Crippen molar-refractivity contribution in [2.45, 2.75) is 44.7 Å². The minimum Gasteiger partial charge on any atom is -0.383 e. The molecule has 2 rings (SSSR count). The molecule has 5 nitrogen and oxygen atoms in total. The van der Waals surface area contributed by atoms with E-state index in [0.29, 0.717) is 0 Å². The lowest BCUT2D eigenvalue weighted by Crippen LogP contribution is -2.42. The van der Waals surface area contributed by atoms with Gasteiger partial charge in [0, 0.05) is 12.1 Å². The number of nitrogens with two attached hydrogens (primary N) is 1. The van der Waals surface area contributed by atoms with Crippen LogP contribution in [0.15, 0.2) is 17.1 Å². The van der Waals surface area contributed by atoms with Crippen LogP contribution in [-0.4, -0.2) is 27.7 Å². The molecule has 0 radical (unpaired) electrons. The van der Waals surface area contributed by atoms with Crippen LogP contribution in [0.5, 0.6) is 0 Å². The number of hydrogen-bond donors (Lipinski definition) is 1. The molecule has 0 aromatic carbocycles. The van der Waals surface area contributed by atoms with Gasteiger partial charge in [-0.15, -0.1) is 0 Å². The lowest BCUT2D eigenvalue weighted by molar-refractivity contribution is -0.165. The van der Waals surface area contributed by atoms with Gasteiger partial charge in [-0.3, -0.25) is 4.57 Å². The van der Waals surface area contributed by atoms with E-state index in [-0.39, 0.29) is 12.2 Å². The Labute approximate surface area is 113 Å². The number of nitrogen functional groups attached to an aromatic ring is 1. The Morgan fingerprint density at radius 1 is 1.60 bits per heavy atom. The summed E-state index contributed by atoms with van der Waals surface area (Å²) in [5.41, 5.74) is 2.61. The Morgan fingerprint density at radius 2 is 2.25 bits per heavy atom. The predicted molar refractivity (Wildman–Crippen MR) is 66.1 cm³/mol. The van der Waals surface area contributed by atoms with Crippen LogP contribution < -0.4 is 11.4 Å². The molecule has 112 valence electrons. The van der Waals surface area contributed by atoms with Gasteiger partial charge in [0.1, 0.15) is 11.4 Å². The van der Waals surface area contributed by atoms with Crippen LogP contribution in [0, 0.1) is 5.92 Å². The second-order valence-electron chi connectivity index (χ2n) is 4.89. The number of halogens is 3. The fraction of sp³-hybridized carbons (Fsp3) is 0.667. The standard InChI is InChI=1S/C12H16F3N3O2/c1-3-12(10(14)15)6(2)8(13)9(20-12)18-5-4-7(16)17-11(18)19/h4-6,8-10H,3H2,1-2H3,(H2,16,17,19)/t6-,8+,9+,12+/m0/s1. The Morgan fingerprint density at radius 3 is 2.70 bits per heavy atom. The quantitative estimate of drug-likeness (QED) is 0.921. The highest BCUT2D eigenvalue weighted by Crippen LogP contribution is 2.47. The first kappa shape index (κ1) is 14.8. The summed E-state index contributed by atoms with van der Waals surface area (Å²) in [7, 11) is 0. The van der Waals surface area contributed by atoms with Crippen LogP contribution in [0.4, 0.5) is 19.0 Å². The van der Waals surface area contributed by atoms with Crippen molar-refractivity contribution in [1.82, 2.24) is 9.55 Å². The summed E-state index contributed by atoms with van der Waals surface area (Å²) in [4.78, 5) is 15.1. The van der Waals surface area contributed by atoms with Crippen LogP contribution in [0.3, 0.4) is 0 Å². The van der Waals surface area contributed by atoms with Crippen LogP contribution >= 0.6 is 0 Å². The maximum Gasteiger partial charge on any atom is 0.351 e. The number of alkyl halides is 3. The number of aromatic nitrogens is 2. The van der Waals surface area contributed by atoms with Crippen LogP contribution in [0.1, 0.15) is 26.5 Å². The zero-order valence-corrected chi connectivity index (χ0v) is 11.1. The highest BCUT2D eigenvalue weighted by molar-refractivity contribution is 5.23. The fourth-order valence-electron chi connectivity index (χ4n) is 2.55. The fourth-order valence-corrected chi connectivity index (χ4v) is 2.55. The Kier molecular flexibility index (Phi) is 3.77. The number of nitrogens with zero attached hydrogens (tertiary/aromatic N) is 2. The summed E-state index contributed by atoms with van der Waals surface area (Å²) >= 11 is 0. The SMILES string of the molecule is CC[C@@]1(C(F)F)O[C@@H](n2ccc(N)nc2=O)[C@H](F)[C@@H]1C. The van der Waals surface area contributed by atoms with Crippen molar-refractivity contribution >= 4 is 5.82 Å². The number of hydrogen-bond acceptors (Lipinski definition) is 4. The van der Waals surface area contributed by atoms with E-state index in [9.17, 15) is 18.0 Å². The molecule has 0 bridgehead atoms. The second-order valence-corrected chi connectivity index (χ2v) is 4.89. The molecule has 0 aliphatic carbocycles. The van der Waals surface area contributed by atoms with Crippen molar-refractivity contribution in [3.8, 4) is 0 Å². The molecule has 8 heteroatoms. The number of anilines is 1. The zero-order chi connectivity index (χ0) is 15.1. The molecule has 20 heavy (non-hydrogen) atoms. The molecule has 1 fully saturated rings. The monoisotopic (exact) mass is 291 g/mol. The van der Waals surface area contributed by atoms with Crippen molar-refractivity contribution in [2.75, 3.05) is 5.73 Å². The van der Waals surface area contributed by atoms with E-state index in [0.717, 1.165) is 4.57 Å². The van der Waals surface area contributed by atoms with Gasteiger partial charge < -0.3 is 10.5 Å². The van der Waals surface area contributed by atoms with Crippen molar-refractivity contribution in [2.24, 2.45) is 5.92 Å². The molecule has 4 atom stereocenters. The molecule has 1 aromatic heterocycles. The molecule has 2 N–H and O–H groups in total. The second kappa shape index (κ2) is 5.08. The predicted octanol–water partition coefficient (Wildman–Crippen LogP) is 1.74. The molecule has 1 saturated heterocycles. The van der Waals surface area contributed by atoms with E-state index in [4.69, 9.17) is 10.5 Å². The summed E-state index contributed by atoms with van der Waals surface area (Å²) in [5, 5.41) is 0. The maximum absolute atomic E-state index is 14.3. The van der Waals surface area contributed by atoms with Gasteiger partial charge in [-0.2, -0.15) is 4.98 Å². The van der Waals surface area contributed by atoms with E-state index >= 15 is 0 Å². The van der Waals surface area contributed by atoms with E-state index in [2.05, 4.69) is 4.98 Å². The summed E-state index contributed by atoms with van der Waals surface area (Å²) < 4.78 is 46.9. The third-order valence-corrected chi connectivity index (χ3v) is 3.91. The summed E-state index contributed by atoms with van der Waals surface area (Å²) in [6.45, 7) is 2.86. The molecular formula is C12H16F3N3O2. The van der Waals surface area contributed by atoms with Crippen molar-refractivity contribution in [3.05, 3.63) is 22.7 Å². The van der Waals surface area contributed by atoms with Gasteiger partial charge in [0.25, 0.3) is 6.43 Å². The molecule has 1 aliphatic heterocycles. The van der Waals surface area contributed by atoms with Crippen molar-refractivity contribution < 1.29 is 17.9 Å². The van der Waals surface area contributed by atoms with Gasteiger partial charge in [0.2, 0.25) is 0 Å². The first-order valence-corrected chi connectivity index (χ1v) is 6.28. The average Bonchev–Trinajstić information content (AvgIpc) is 2.64. The van der Waals surface area contributed by atoms with Gasteiger partial charge in [-0.1, -0.05) is 13.8 Å². The zero-order valence-electron chi connectivity index (χ0n) is 11.1. The van der Waals surface area contributed by atoms with Gasteiger partial charge in [-0.25, -0.2) is 18.0 Å². The normalized spacial score (nSPS) is 33.8. The molecule has 1 aromatic rings. The smallest absolute Gasteiger partial charge is 0.351 e. The van der Waals surface area contributed by atoms with E-state index in [1.165, 1.54) is 26.1 Å². The van der Waals surface area contributed by atoms with Gasteiger partial charge in [-0.05, 0) is 12.5 Å². The van der Waals surface area contributed by atoms with E-state index in [1.54, 1.807) is 0 Å². The number of rotatable bonds is 3. The van der Waals surface area contributed by atoms with Gasteiger partial charge >= 0.3 is 5.69 Å². The first-order chi connectivity index (χ1) is 9.33. The average molecular weight is 291 g/mol. The maximum atomic E-state index is 14.3. The third-order valence-electron chi connectivity index (χ3n) is 3.91. The Hall–Kier alpha value is -1.57. The summed E-state index contributed by atoms with van der Waals surface area (Å²) in [6.07, 6.45) is -4.85. The largest absolute Gasteiger partial charge is 0.383 e. The molecule has 0 amide bonds. The van der Waals surface area contributed by atoms with Gasteiger partial charge in [0.05, 0.1) is 0 Å². The lowest BCUT2D eigenvalue weighted by atomic mass is 9.86. The molecule has 0 spiro atoms. The highest BCUT2D eigenvalue weighted by atomic mass is 19.3. The minimum absolute atomic E-state index is 0.0247. The molecule has 0 unspecified atom stereocenters. The Balaban J connectivity index is 2.42. The number of ether oxygens (including phenoxy) is 1. The Bertz CT molecular complexity index is 551. The van der Waals surface area contributed by atoms with E-state index in [1.807, 2.05) is 0 Å². The summed E-state index contributed by atoms with van der Waals surface area (Å²) in [5.74, 6) is -1.06. The molecule has 1 aliphatic rings. The highest BCUT2D eigenvalue weighted by Gasteiger charge is 2.58. The molecule has 0 saturated carbocycles. The van der Waals surface area contributed by atoms with Crippen molar-refractivity contribution in [3.63, 3.8) is 0 Å². The van der Waals surface area contributed by atoms with Crippen LogP contribution in [-0.2, 0) is 4.74 Å². The molecule has 2 heterocycles. The third kappa shape index (κ3) is 2.07. The van der Waals surface area contributed by atoms with Crippen LogP contribution in [0.2, 0.25) is 0 Å². The topological polar surface area (TPSA) is 70.1 Å².